The normalized spacial score (nSPS) is 13.7. The first-order valence-electron chi connectivity index (χ1n) is 7.30. The zero-order chi connectivity index (χ0) is 15.8. The summed E-state index contributed by atoms with van der Waals surface area (Å²) in [5.41, 5.74) is 3.04. The van der Waals surface area contributed by atoms with Gasteiger partial charge in [0.2, 0.25) is 0 Å². The van der Waals surface area contributed by atoms with Gasteiger partial charge >= 0.3 is 6.61 Å². The van der Waals surface area contributed by atoms with Gasteiger partial charge in [-0.25, -0.2) is 0 Å². The number of nitrogens with one attached hydrogen (secondary N) is 2. The Hall–Kier alpha value is -2.82. The summed E-state index contributed by atoms with van der Waals surface area (Å²) < 4.78 is 28.8. The van der Waals surface area contributed by atoms with E-state index < -0.39 is 6.61 Å². The van der Waals surface area contributed by atoms with Gasteiger partial charge in [0.05, 0.1) is 0 Å². The van der Waals surface area contributed by atoms with Crippen LogP contribution in [0.2, 0.25) is 0 Å². The van der Waals surface area contributed by atoms with E-state index in [2.05, 4.69) is 27.5 Å². The Morgan fingerprint density at radius 3 is 2.00 bits per heavy atom. The zero-order valence-electron chi connectivity index (χ0n) is 12.1. The second-order valence-corrected chi connectivity index (χ2v) is 5.38. The minimum absolute atomic E-state index is 0.129. The predicted molar refractivity (Wildman–Crippen MR) is 87.0 cm³/mol. The molecule has 0 aromatic heterocycles. The van der Waals surface area contributed by atoms with E-state index >= 15 is 0 Å². The van der Waals surface area contributed by atoms with E-state index in [4.69, 9.17) is 0 Å². The molecule has 0 radical (unpaired) electrons. The van der Waals surface area contributed by atoms with Crippen LogP contribution < -0.4 is 15.4 Å². The average Bonchev–Trinajstić information content (AvgIpc) is 2.55. The smallest absolute Gasteiger partial charge is 0.387 e. The summed E-state index contributed by atoms with van der Waals surface area (Å²) in [5, 5.41) is 9.20. The average molecular weight is 312 g/mol. The minimum atomic E-state index is -2.81. The van der Waals surface area contributed by atoms with Crippen LogP contribution in [0.3, 0.4) is 0 Å². The Bertz CT molecular complexity index is 809. The molecular formula is C18H14F2N2O. The highest BCUT2D eigenvalue weighted by Gasteiger charge is 2.20. The quantitative estimate of drug-likeness (QED) is 0.716. The van der Waals surface area contributed by atoms with E-state index in [0.29, 0.717) is 0 Å². The summed E-state index contributed by atoms with van der Waals surface area (Å²) >= 11 is 0. The lowest BCUT2D eigenvalue weighted by molar-refractivity contribution is -0.0498. The first kappa shape index (κ1) is 13.8. The summed E-state index contributed by atoms with van der Waals surface area (Å²) in [5.74, 6) is 0.155. The second kappa shape index (κ2) is 5.43. The molecule has 0 spiro atoms. The number of halogens is 2. The molecule has 4 rings (SSSR count). The van der Waals surface area contributed by atoms with Crippen molar-refractivity contribution in [2.24, 2.45) is 0 Å². The van der Waals surface area contributed by atoms with E-state index in [1.54, 1.807) is 24.3 Å². The van der Waals surface area contributed by atoms with Gasteiger partial charge in [0.25, 0.3) is 0 Å². The van der Waals surface area contributed by atoms with Crippen LogP contribution in [-0.2, 0) is 0 Å². The van der Waals surface area contributed by atoms with E-state index in [0.717, 1.165) is 22.3 Å². The molecule has 3 aromatic rings. The first-order valence-corrected chi connectivity index (χ1v) is 7.30. The largest absolute Gasteiger partial charge is 0.435 e. The van der Waals surface area contributed by atoms with Crippen molar-refractivity contribution >= 4 is 22.1 Å². The standard InChI is InChI=1S/C18H14F2N2O/c19-18(20)23-13-9-7-12(8-10-13)17-21-14-5-1-3-11-4-2-6-15(22-17)16(11)14/h1-10,17-18,21-22H. The van der Waals surface area contributed by atoms with Gasteiger partial charge < -0.3 is 15.4 Å². The molecule has 23 heavy (non-hydrogen) atoms. The predicted octanol–water partition coefficient (Wildman–Crippen LogP) is 4.98. The molecule has 2 N–H and O–H groups in total. The molecule has 0 atom stereocenters. The van der Waals surface area contributed by atoms with Crippen molar-refractivity contribution in [1.29, 1.82) is 0 Å². The Labute approximate surface area is 131 Å². The molecule has 0 saturated carbocycles. The Morgan fingerprint density at radius 1 is 0.826 bits per heavy atom. The number of rotatable bonds is 3. The second-order valence-electron chi connectivity index (χ2n) is 5.38. The molecule has 1 aliphatic heterocycles. The van der Waals surface area contributed by atoms with Crippen LogP contribution in [0.4, 0.5) is 20.2 Å². The molecule has 116 valence electrons. The fraction of sp³-hybridized carbons (Fsp3) is 0.111. The molecule has 3 aromatic carbocycles. The summed E-state index contributed by atoms with van der Waals surface area (Å²) in [4.78, 5) is 0. The Balaban J connectivity index is 1.65. The van der Waals surface area contributed by atoms with Crippen molar-refractivity contribution in [1.82, 2.24) is 0 Å². The molecular weight excluding hydrogens is 298 g/mol. The van der Waals surface area contributed by atoms with Gasteiger partial charge in [0, 0.05) is 16.8 Å². The molecule has 0 saturated heterocycles. The topological polar surface area (TPSA) is 33.3 Å². The summed E-state index contributed by atoms with van der Waals surface area (Å²) in [6.07, 6.45) is -0.129. The van der Waals surface area contributed by atoms with Crippen molar-refractivity contribution in [3.8, 4) is 5.75 Å². The highest BCUT2D eigenvalue weighted by molar-refractivity contribution is 6.04. The van der Waals surface area contributed by atoms with Gasteiger partial charge in [0.1, 0.15) is 11.9 Å². The highest BCUT2D eigenvalue weighted by Crippen LogP contribution is 2.38. The molecule has 0 fully saturated rings. The molecule has 3 nitrogen and oxygen atoms in total. The van der Waals surface area contributed by atoms with Gasteiger partial charge in [-0.05, 0) is 35.2 Å². The maximum Gasteiger partial charge on any atom is 0.387 e. The molecule has 0 bridgehead atoms. The van der Waals surface area contributed by atoms with Crippen LogP contribution in [0.5, 0.6) is 5.75 Å². The van der Waals surface area contributed by atoms with E-state index in [-0.39, 0.29) is 11.9 Å². The van der Waals surface area contributed by atoms with E-state index in [1.165, 1.54) is 5.39 Å². The summed E-state index contributed by atoms with van der Waals surface area (Å²) in [6.45, 7) is -2.81. The number of alkyl halides is 2. The van der Waals surface area contributed by atoms with Crippen molar-refractivity contribution in [3.05, 3.63) is 66.2 Å². The highest BCUT2D eigenvalue weighted by atomic mass is 19.3. The van der Waals surface area contributed by atoms with Gasteiger partial charge in [-0.15, -0.1) is 0 Å². The first-order chi connectivity index (χ1) is 11.2. The van der Waals surface area contributed by atoms with Crippen LogP contribution in [0.1, 0.15) is 11.7 Å². The lowest BCUT2D eigenvalue weighted by Crippen LogP contribution is -2.23. The van der Waals surface area contributed by atoms with Crippen LogP contribution in [0.15, 0.2) is 60.7 Å². The number of hydrogen-bond acceptors (Lipinski definition) is 3. The minimum Gasteiger partial charge on any atom is -0.435 e. The number of ether oxygens (including phenoxy) is 1. The van der Waals surface area contributed by atoms with E-state index in [9.17, 15) is 8.78 Å². The third-order valence-corrected chi connectivity index (χ3v) is 3.94. The van der Waals surface area contributed by atoms with Gasteiger partial charge in [-0.2, -0.15) is 8.78 Å². The third-order valence-electron chi connectivity index (χ3n) is 3.94. The fourth-order valence-electron chi connectivity index (χ4n) is 2.94. The Morgan fingerprint density at radius 2 is 1.43 bits per heavy atom. The Kier molecular flexibility index (Phi) is 3.26. The molecule has 0 unspecified atom stereocenters. The number of benzene rings is 3. The molecule has 1 aliphatic rings. The van der Waals surface area contributed by atoms with Crippen LogP contribution in [0, 0.1) is 0 Å². The maximum atomic E-state index is 12.2. The van der Waals surface area contributed by atoms with Crippen molar-refractivity contribution < 1.29 is 13.5 Å². The van der Waals surface area contributed by atoms with Crippen LogP contribution >= 0.6 is 0 Å². The number of hydrogen-bond donors (Lipinski definition) is 2. The zero-order valence-corrected chi connectivity index (χ0v) is 12.1. The third kappa shape index (κ3) is 2.54. The molecule has 0 amide bonds. The number of anilines is 2. The van der Waals surface area contributed by atoms with Gasteiger partial charge in [-0.3, -0.25) is 0 Å². The van der Waals surface area contributed by atoms with Crippen LogP contribution in [-0.4, -0.2) is 6.61 Å². The molecule has 5 heteroatoms. The van der Waals surface area contributed by atoms with Crippen molar-refractivity contribution in [2.45, 2.75) is 12.8 Å². The summed E-state index contributed by atoms with van der Waals surface area (Å²) in [7, 11) is 0. The van der Waals surface area contributed by atoms with Gasteiger partial charge in [-0.1, -0.05) is 36.4 Å². The van der Waals surface area contributed by atoms with Crippen molar-refractivity contribution in [3.63, 3.8) is 0 Å². The summed E-state index contributed by atoms with van der Waals surface area (Å²) in [6, 6.07) is 18.9. The van der Waals surface area contributed by atoms with Crippen molar-refractivity contribution in [2.75, 3.05) is 10.6 Å². The lowest BCUT2D eigenvalue weighted by atomic mass is 10.0. The lowest BCUT2D eigenvalue weighted by Gasteiger charge is -2.29. The fourth-order valence-corrected chi connectivity index (χ4v) is 2.94. The van der Waals surface area contributed by atoms with Crippen LogP contribution in [0.25, 0.3) is 10.8 Å². The van der Waals surface area contributed by atoms with Gasteiger partial charge in [0.15, 0.2) is 0 Å². The SMILES string of the molecule is FC(F)Oc1ccc(C2Nc3cccc4cccc(c34)N2)cc1. The monoisotopic (exact) mass is 312 g/mol. The molecule has 1 heterocycles. The maximum absolute atomic E-state index is 12.2. The van der Waals surface area contributed by atoms with E-state index in [1.807, 2.05) is 24.3 Å². The molecule has 0 aliphatic carbocycles.